The van der Waals surface area contributed by atoms with E-state index in [1.807, 2.05) is 0 Å². The van der Waals surface area contributed by atoms with Crippen LogP contribution in [0.4, 0.5) is 10.1 Å². The van der Waals surface area contributed by atoms with Gasteiger partial charge in [0.25, 0.3) is 0 Å². The van der Waals surface area contributed by atoms with E-state index in [0.29, 0.717) is 0 Å². The van der Waals surface area contributed by atoms with Gasteiger partial charge in [-0.3, -0.25) is 4.79 Å². The van der Waals surface area contributed by atoms with E-state index in [1.165, 1.54) is 42.5 Å². The van der Waals surface area contributed by atoms with Crippen LogP contribution in [0.25, 0.3) is 0 Å². The third kappa shape index (κ3) is 6.42. The van der Waals surface area contributed by atoms with Crippen molar-refractivity contribution in [2.24, 2.45) is 0 Å². The van der Waals surface area contributed by atoms with Gasteiger partial charge in [-0.05, 0) is 30.7 Å². The highest BCUT2D eigenvalue weighted by molar-refractivity contribution is 7.90. The van der Waals surface area contributed by atoms with E-state index in [4.69, 9.17) is 0 Å². The van der Waals surface area contributed by atoms with E-state index in [0.717, 1.165) is 12.3 Å². The van der Waals surface area contributed by atoms with Crippen LogP contribution in [-0.2, 0) is 24.7 Å². The Hall–Kier alpha value is -2.30. The van der Waals surface area contributed by atoms with Crippen molar-refractivity contribution < 1.29 is 26.0 Å². The molecule has 2 aromatic rings. The Morgan fingerprint density at radius 1 is 1.00 bits per heavy atom. The molecule has 7 nitrogen and oxygen atoms in total. The summed E-state index contributed by atoms with van der Waals surface area (Å²) in [6.07, 6.45) is 0.676. The van der Waals surface area contributed by atoms with Gasteiger partial charge in [-0.2, -0.15) is 4.72 Å². The molecule has 0 aliphatic rings. The minimum atomic E-state index is -4.07. The number of sulfone groups is 1. The van der Waals surface area contributed by atoms with Gasteiger partial charge in [0.05, 0.1) is 16.3 Å². The Bertz CT molecular complexity index is 1010. The van der Waals surface area contributed by atoms with Gasteiger partial charge in [0, 0.05) is 6.26 Å². The van der Waals surface area contributed by atoms with Crippen molar-refractivity contribution in [1.82, 2.24) is 4.72 Å². The quantitative estimate of drug-likeness (QED) is 0.681. The Morgan fingerprint density at radius 3 is 2.19 bits per heavy atom. The maximum absolute atomic E-state index is 13.7. The molecule has 0 unspecified atom stereocenters. The van der Waals surface area contributed by atoms with E-state index in [-0.39, 0.29) is 17.0 Å². The zero-order valence-electron chi connectivity index (χ0n) is 14.4. The summed E-state index contributed by atoms with van der Waals surface area (Å²) in [4.78, 5) is 12.4. The van der Waals surface area contributed by atoms with Crippen molar-refractivity contribution in [2.45, 2.75) is 17.4 Å². The fourth-order valence-electron chi connectivity index (χ4n) is 2.21. The van der Waals surface area contributed by atoms with Crippen LogP contribution in [0.3, 0.4) is 0 Å². The van der Waals surface area contributed by atoms with Crippen molar-refractivity contribution in [3.05, 3.63) is 60.4 Å². The number of hydrogen-bond acceptors (Lipinski definition) is 5. The molecular formula is C17H19FN2O5S2. The molecular weight excluding hydrogens is 395 g/mol. The van der Waals surface area contributed by atoms with E-state index >= 15 is 0 Å². The Kier molecular flexibility index (Phi) is 6.68. The predicted octanol–water partition coefficient (Wildman–Crippen LogP) is 1.55. The number of halogens is 1. The smallest absolute Gasteiger partial charge is 0.242 e. The van der Waals surface area contributed by atoms with Crippen LogP contribution in [0.5, 0.6) is 0 Å². The lowest BCUT2D eigenvalue weighted by molar-refractivity contribution is -0.117. The van der Waals surface area contributed by atoms with Gasteiger partial charge in [0.2, 0.25) is 15.9 Å². The first-order chi connectivity index (χ1) is 12.6. The van der Waals surface area contributed by atoms with E-state index < -0.39 is 43.4 Å². The third-order valence-electron chi connectivity index (χ3n) is 3.58. The summed E-state index contributed by atoms with van der Waals surface area (Å²) >= 11 is 0. The Labute approximate surface area is 157 Å². The van der Waals surface area contributed by atoms with Gasteiger partial charge >= 0.3 is 0 Å². The average molecular weight is 414 g/mol. The van der Waals surface area contributed by atoms with Gasteiger partial charge < -0.3 is 5.32 Å². The molecule has 0 radical (unpaired) electrons. The summed E-state index contributed by atoms with van der Waals surface area (Å²) in [5.41, 5.74) is -0.134. The highest BCUT2D eigenvalue weighted by Gasteiger charge is 2.27. The second kappa shape index (κ2) is 8.59. The highest BCUT2D eigenvalue weighted by atomic mass is 32.2. The molecule has 0 saturated carbocycles. The van der Waals surface area contributed by atoms with Gasteiger partial charge in [0.1, 0.15) is 21.7 Å². The predicted molar refractivity (Wildman–Crippen MR) is 99.9 cm³/mol. The van der Waals surface area contributed by atoms with E-state index in [1.54, 1.807) is 6.07 Å². The molecule has 10 heteroatoms. The van der Waals surface area contributed by atoms with Gasteiger partial charge in [0.15, 0.2) is 0 Å². The van der Waals surface area contributed by atoms with E-state index in [2.05, 4.69) is 10.0 Å². The lowest BCUT2D eigenvalue weighted by Crippen LogP contribution is -2.44. The number of benzene rings is 2. The molecule has 0 bridgehead atoms. The third-order valence-corrected chi connectivity index (χ3v) is 6.04. The molecule has 146 valence electrons. The number of hydrogen-bond donors (Lipinski definition) is 2. The van der Waals surface area contributed by atoms with Crippen LogP contribution >= 0.6 is 0 Å². The van der Waals surface area contributed by atoms with Crippen LogP contribution in [0.1, 0.15) is 6.42 Å². The lowest BCUT2D eigenvalue weighted by atomic mass is 10.2. The summed E-state index contributed by atoms with van der Waals surface area (Å²) < 4.78 is 63.8. The minimum absolute atomic E-state index is 0.0759. The summed E-state index contributed by atoms with van der Waals surface area (Å²) in [6.45, 7) is 0. The number of nitrogens with one attached hydrogen (secondary N) is 2. The summed E-state index contributed by atoms with van der Waals surface area (Å²) in [5, 5.41) is 2.28. The Morgan fingerprint density at radius 2 is 1.59 bits per heavy atom. The van der Waals surface area contributed by atoms with Crippen molar-refractivity contribution in [3.63, 3.8) is 0 Å². The SMILES string of the molecule is CS(=O)(=O)CC[C@H](NS(=O)(=O)c1ccccc1)C(=O)Nc1ccccc1F. The molecule has 0 aromatic heterocycles. The van der Waals surface area contributed by atoms with Crippen molar-refractivity contribution in [3.8, 4) is 0 Å². The number of rotatable bonds is 8. The molecule has 2 N–H and O–H groups in total. The Balaban J connectivity index is 2.25. The largest absolute Gasteiger partial charge is 0.322 e. The molecule has 2 aromatic carbocycles. The monoisotopic (exact) mass is 414 g/mol. The topological polar surface area (TPSA) is 109 Å². The molecule has 0 saturated heterocycles. The number of carbonyl (C=O) groups excluding carboxylic acids is 1. The summed E-state index contributed by atoms with van der Waals surface area (Å²) in [6, 6.07) is 11.3. The maximum Gasteiger partial charge on any atom is 0.242 e. The molecule has 0 aliphatic heterocycles. The zero-order chi connectivity index (χ0) is 20.1. The number of sulfonamides is 1. The molecule has 0 spiro atoms. The molecule has 1 amide bonds. The standard InChI is InChI=1S/C17H19FN2O5S2/c1-26(22,23)12-11-16(17(21)19-15-10-6-5-9-14(15)18)20-27(24,25)13-7-3-2-4-8-13/h2-10,16,20H,11-12H2,1H3,(H,19,21)/t16-/m0/s1. The second-order valence-electron chi connectivity index (χ2n) is 5.87. The first-order valence-electron chi connectivity index (χ1n) is 7.89. The highest BCUT2D eigenvalue weighted by Crippen LogP contribution is 2.15. The fraction of sp³-hybridized carbons (Fsp3) is 0.235. The molecule has 2 rings (SSSR count). The number of carbonyl (C=O) groups is 1. The molecule has 1 atom stereocenters. The molecule has 0 fully saturated rings. The van der Waals surface area contributed by atoms with Gasteiger partial charge in [-0.1, -0.05) is 30.3 Å². The zero-order valence-corrected chi connectivity index (χ0v) is 16.1. The van der Waals surface area contributed by atoms with Crippen LogP contribution in [0, 0.1) is 5.82 Å². The first-order valence-corrected chi connectivity index (χ1v) is 11.4. The van der Waals surface area contributed by atoms with Gasteiger partial charge in [-0.25, -0.2) is 21.2 Å². The summed E-state index contributed by atoms with van der Waals surface area (Å²) in [7, 11) is -7.52. The van der Waals surface area contributed by atoms with Crippen LogP contribution in [0.2, 0.25) is 0 Å². The maximum atomic E-state index is 13.7. The van der Waals surface area contributed by atoms with Gasteiger partial charge in [-0.15, -0.1) is 0 Å². The van der Waals surface area contributed by atoms with Crippen molar-refractivity contribution in [1.29, 1.82) is 0 Å². The van der Waals surface area contributed by atoms with Crippen LogP contribution < -0.4 is 10.0 Å². The molecule has 0 heterocycles. The normalized spacial score (nSPS) is 13.1. The molecule has 0 aliphatic carbocycles. The number of para-hydroxylation sites is 1. The molecule has 27 heavy (non-hydrogen) atoms. The second-order valence-corrected chi connectivity index (χ2v) is 9.85. The average Bonchev–Trinajstić information content (AvgIpc) is 2.60. The number of anilines is 1. The van der Waals surface area contributed by atoms with Crippen LogP contribution in [-0.4, -0.2) is 40.8 Å². The van der Waals surface area contributed by atoms with E-state index in [9.17, 15) is 26.0 Å². The lowest BCUT2D eigenvalue weighted by Gasteiger charge is -2.18. The first kappa shape index (κ1) is 21.0. The number of amides is 1. The minimum Gasteiger partial charge on any atom is -0.322 e. The summed E-state index contributed by atoms with van der Waals surface area (Å²) in [5.74, 6) is -1.97. The van der Waals surface area contributed by atoms with Crippen LogP contribution in [0.15, 0.2) is 59.5 Å². The fourth-order valence-corrected chi connectivity index (χ4v) is 4.13. The van der Waals surface area contributed by atoms with Crippen molar-refractivity contribution in [2.75, 3.05) is 17.3 Å². The van der Waals surface area contributed by atoms with Crippen molar-refractivity contribution >= 4 is 31.5 Å².